The van der Waals surface area contributed by atoms with Crippen LogP contribution in [0, 0.1) is 0 Å². The van der Waals surface area contributed by atoms with Crippen LogP contribution >= 0.6 is 19.3 Å². The average Bonchev–Trinajstić information content (AvgIpc) is 2.04. The van der Waals surface area contributed by atoms with E-state index in [2.05, 4.69) is 25.6 Å². The fourth-order valence-electron chi connectivity index (χ4n) is 0.268. The molecule has 0 aromatic carbocycles. The Bertz CT molecular complexity index is 182. The molecule has 0 amide bonds. The van der Waals surface area contributed by atoms with Gasteiger partial charge in [-0.05, 0) is 0 Å². The van der Waals surface area contributed by atoms with Gasteiger partial charge in [0.05, 0.1) is 5.88 Å². The van der Waals surface area contributed by atoms with Gasteiger partial charge >= 0.3 is 7.75 Å². The molecule has 0 aromatic rings. The lowest BCUT2D eigenvalue weighted by Gasteiger charge is -2.10. The fraction of sp³-hybridized carbons (Fsp3) is 1.00. The molecule has 0 aliphatic rings. The third kappa shape index (κ3) is 4.08. The number of hydrogen-bond donors (Lipinski definition) is 0. The van der Waals surface area contributed by atoms with Crippen LogP contribution in [0.5, 0.6) is 0 Å². The Morgan fingerprint density at radius 3 is 2.73 bits per heavy atom. The smallest absolute Gasteiger partial charge is 0.294 e. The van der Waals surface area contributed by atoms with Crippen molar-refractivity contribution < 1.29 is 18.0 Å². The number of alkyl halides is 2. The molecular formula is C3H6ClFNO3PS. The molecule has 8 heteroatoms. The quantitative estimate of drug-likeness (QED) is 0.526. The molecule has 4 nitrogen and oxygen atoms in total. The van der Waals surface area contributed by atoms with Gasteiger partial charge in [-0.1, -0.05) is 0 Å². The number of halogens is 2. The summed E-state index contributed by atoms with van der Waals surface area (Å²) in [6.45, 7) is 0. The molecule has 0 radical (unpaired) electrons. The topological polar surface area (TPSA) is 47.9 Å². The number of rotatable bonds is 5. The highest BCUT2D eigenvalue weighted by molar-refractivity contribution is 7.62. The first-order chi connectivity index (χ1) is 5.08. The van der Waals surface area contributed by atoms with E-state index >= 15 is 0 Å². The lowest BCUT2D eigenvalue weighted by atomic mass is 10.8. The number of nitrogens with zero attached hydrogens (tertiary/aromatic N) is 1. The van der Waals surface area contributed by atoms with Crippen LogP contribution in [-0.4, -0.2) is 19.3 Å². The van der Waals surface area contributed by atoms with Gasteiger partial charge in [-0.25, -0.2) is 8.96 Å². The van der Waals surface area contributed by atoms with Crippen LogP contribution in [0.1, 0.15) is 0 Å². The summed E-state index contributed by atoms with van der Waals surface area (Å²) in [6.07, 6.45) is -1.88. The van der Waals surface area contributed by atoms with Crippen molar-refractivity contribution in [3.63, 3.8) is 0 Å². The van der Waals surface area contributed by atoms with Crippen molar-refractivity contribution in [1.82, 2.24) is 0 Å². The van der Waals surface area contributed by atoms with Crippen molar-refractivity contribution in [1.29, 1.82) is 0 Å². The van der Waals surface area contributed by atoms with Gasteiger partial charge in [-0.15, -0.1) is 15.7 Å². The average molecular weight is 222 g/mol. The molecule has 0 fully saturated rings. The van der Waals surface area contributed by atoms with Crippen LogP contribution in [0.15, 0.2) is 4.13 Å². The molecule has 2 unspecified atom stereocenters. The van der Waals surface area contributed by atoms with Crippen LogP contribution in [0.4, 0.5) is 4.39 Å². The zero-order valence-corrected chi connectivity index (χ0v) is 8.03. The van der Waals surface area contributed by atoms with E-state index in [9.17, 15) is 8.96 Å². The molecule has 0 aromatic heterocycles. The normalized spacial score (nSPS) is 18.8. The highest BCUT2D eigenvalue weighted by atomic mass is 35.5. The van der Waals surface area contributed by atoms with E-state index < -0.39 is 20.0 Å². The van der Waals surface area contributed by atoms with Crippen LogP contribution in [0.2, 0.25) is 0 Å². The largest absolute Gasteiger partial charge is 0.467 e. The molecule has 0 N–H and O–H groups in total. The summed E-state index contributed by atoms with van der Waals surface area (Å²) in [4.78, 5) is 0. The zero-order chi connectivity index (χ0) is 8.91. The first kappa shape index (κ1) is 11.4. The van der Waals surface area contributed by atoms with Gasteiger partial charge in [0, 0.05) is 19.5 Å². The SMILES string of the molecule is COP(=O)(N=S)OC(F)CCl. The van der Waals surface area contributed by atoms with Gasteiger partial charge < -0.3 is 0 Å². The molecule has 0 spiro atoms. The Morgan fingerprint density at radius 1 is 1.91 bits per heavy atom. The molecule has 0 aliphatic heterocycles. The van der Waals surface area contributed by atoms with Crippen molar-refractivity contribution in [3.05, 3.63) is 0 Å². The molecule has 0 rings (SSSR count). The molecule has 0 aliphatic carbocycles. The Hall–Kier alpha value is 0.390. The van der Waals surface area contributed by atoms with E-state index in [1.807, 2.05) is 0 Å². The van der Waals surface area contributed by atoms with Gasteiger partial charge in [0.15, 0.2) is 0 Å². The van der Waals surface area contributed by atoms with Crippen LogP contribution < -0.4 is 0 Å². The summed E-state index contributed by atoms with van der Waals surface area (Å²) in [5.41, 5.74) is 0. The van der Waals surface area contributed by atoms with Gasteiger partial charge in [-0.3, -0.25) is 9.05 Å². The third-order valence-corrected chi connectivity index (χ3v) is 2.70. The standard InChI is InChI=1S/C3H6ClFNO3PS/c1-8-10(7,6-11)9-3(5)2-4/h3H,2H2,1H3. The van der Waals surface area contributed by atoms with Gasteiger partial charge in [0.1, 0.15) is 0 Å². The Labute approximate surface area is 73.8 Å². The molecule has 0 heterocycles. The predicted molar refractivity (Wildman–Crippen MR) is 41.1 cm³/mol. The Kier molecular flexibility index (Phi) is 5.29. The molecular weight excluding hydrogens is 216 g/mol. The minimum atomic E-state index is -3.77. The second kappa shape index (κ2) is 5.11. The van der Waals surface area contributed by atoms with Crippen LogP contribution in [0.25, 0.3) is 0 Å². The summed E-state index contributed by atoms with van der Waals surface area (Å²) >= 11 is 9.07. The monoisotopic (exact) mass is 221 g/mol. The van der Waals surface area contributed by atoms with E-state index in [0.717, 1.165) is 7.11 Å². The molecule has 0 saturated carbocycles. The summed E-state index contributed by atoms with van der Waals surface area (Å²) < 4.78 is 34.4. The molecule has 2 atom stereocenters. The highest BCUT2D eigenvalue weighted by Crippen LogP contribution is 2.49. The maximum atomic E-state index is 12.3. The maximum Gasteiger partial charge on any atom is 0.467 e. The first-order valence-electron chi connectivity index (χ1n) is 2.47. The summed E-state index contributed by atoms with van der Waals surface area (Å²) in [5.74, 6) is -0.446. The Balaban J connectivity index is 4.08. The van der Waals surface area contributed by atoms with Crippen LogP contribution in [-0.2, 0) is 26.0 Å². The fourth-order valence-corrected chi connectivity index (χ4v) is 1.29. The van der Waals surface area contributed by atoms with Gasteiger partial charge in [0.2, 0.25) is 6.36 Å². The third-order valence-electron chi connectivity index (χ3n) is 0.700. The van der Waals surface area contributed by atoms with Crippen molar-refractivity contribution in [2.75, 3.05) is 13.0 Å². The van der Waals surface area contributed by atoms with Crippen LogP contribution in [0.3, 0.4) is 0 Å². The van der Waals surface area contributed by atoms with E-state index in [0.29, 0.717) is 0 Å². The van der Waals surface area contributed by atoms with Crippen molar-refractivity contribution in [2.24, 2.45) is 4.13 Å². The summed E-state index contributed by atoms with van der Waals surface area (Å²) in [7, 11) is -2.72. The first-order valence-corrected chi connectivity index (χ1v) is 4.86. The zero-order valence-electron chi connectivity index (χ0n) is 5.57. The van der Waals surface area contributed by atoms with Crippen molar-refractivity contribution >= 4 is 31.8 Å². The van der Waals surface area contributed by atoms with Gasteiger partial charge in [-0.2, -0.15) is 0 Å². The highest BCUT2D eigenvalue weighted by Gasteiger charge is 2.26. The van der Waals surface area contributed by atoms with E-state index in [-0.39, 0.29) is 0 Å². The molecule has 0 saturated heterocycles. The second-order valence-electron chi connectivity index (χ2n) is 1.40. The number of hydrogen-bond acceptors (Lipinski definition) is 4. The van der Waals surface area contributed by atoms with E-state index in [1.54, 1.807) is 0 Å². The van der Waals surface area contributed by atoms with Crippen molar-refractivity contribution in [2.45, 2.75) is 6.36 Å². The van der Waals surface area contributed by atoms with E-state index in [1.165, 1.54) is 0 Å². The molecule has 0 bridgehead atoms. The lowest BCUT2D eigenvalue weighted by Crippen LogP contribution is -2.05. The van der Waals surface area contributed by atoms with E-state index in [4.69, 9.17) is 11.6 Å². The summed E-state index contributed by atoms with van der Waals surface area (Å²) in [6, 6.07) is 0. The summed E-state index contributed by atoms with van der Waals surface area (Å²) in [5, 5.41) is 0. The van der Waals surface area contributed by atoms with Gasteiger partial charge in [0.25, 0.3) is 0 Å². The molecule has 11 heavy (non-hydrogen) atoms. The molecule has 66 valence electrons. The minimum Gasteiger partial charge on any atom is -0.294 e. The minimum absolute atomic E-state index is 0.446. The second-order valence-corrected chi connectivity index (χ2v) is 3.88. The lowest BCUT2D eigenvalue weighted by molar-refractivity contribution is 0.0709. The van der Waals surface area contributed by atoms with Crippen molar-refractivity contribution in [3.8, 4) is 0 Å². The Morgan fingerprint density at radius 2 is 2.45 bits per heavy atom. The predicted octanol–water partition coefficient (Wildman–Crippen LogP) is 2.02. The maximum absolute atomic E-state index is 12.3.